The Hall–Kier alpha value is -2.74. The number of nitrogens with one attached hydrogen (secondary N) is 2. The van der Waals surface area contributed by atoms with Crippen LogP contribution >= 0.6 is 11.3 Å². The summed E-state index contributed by atoms with van der Waals surface area (Å²) >= 11 is 1.35. The molecule has 2 aromatic heterocycles. The zero-order chi connectivity index (χ0) is 17.3. The number of rotatable bonds is 4. The number of carbonyl (C=O) groups is 2. The van der Waals surface area contributed by atoms with E-state index in [1.54, 1.807) is 16.8 Å². The number of hydrogen-bond donors (Lipinski definition) is 2. The van der Waals surface area contributed by atoms with Crippen LogP contribution in [0.2, 0.25) is 0 Å². The summed E-state index contributed by atoms with van der Waals surface area (Å²) in [7, 11) is 0. The van der Waals surface area contributed by atoms with E-state index in [1.165, 1.54) is 18.3 Å². The number of aryl methyl sites for hydroxylation is 2. The van der Waals surface area contributed by atoms with E-state index in [2.05, 4.69) is 20.7 Å². The molecule has 3 aromatic rings. The fourth-order valence-electron chi connectivity index (χ4n) is 2.36. The number of benzene rings is 1. The highest BCUT2D eigenvalue weighted by Crippen LogP contribution is 2.28. The second kappa shape index (κ2) is 6.40. The van der Waals surface area contributed by atoms with Crippen molar-refractivity contribution in [3.63, 3.8) is 0 Å². The van der Waals surface area contributed by atoms with E-state index in [1.807, 2.05) is 26.0 Å². The summed E-state index contributed by atoms with van der Waals surface area (Å²) in [4.78, 5) is 27.8. The third kappa shape index (κ3) is 3.28. The number of thiazole rings is 1. The molecule has 0 spiro atoms. The second-order valence-electron chi connectivity index (χ2n) is 5.32. The van der Waals surface area contributed by atoms with Gasteiger partial charge in [-0.1, -0.05) is 11.3 Å². The Morgan fingerprint density at radius 3 is 2.71 bits per heavy atom. The molecule has 2 heterocycles. The molecular formula is C16H17N5O2S. The molecule has 0 radical (unpaired) electrons. The van der Waals surface area contributed by atoms with Crippen molar-refractivity contribution in [3.05, 3.63) is 35.7 Å². The van der Waals surface area contributed by atoms with Crippen molar-refractivity contribution in [1.82, 2.24) is 14.8 Å². The van der Waals surface area contributed by atoms with Gasteiger partial charge in [0.1, 0.15) is 0 Å². The van der Waals surface area contributed by atoms with Crippen LogP contribution in [-0.4, -0.2) is 26.6 Å². The fourth-order valence-corrected chi connectivity index (χ4v) is 3.26. The van der Waals surface area contributed by atoms with Crippen molar-refractivity contribution in [2.45, 2.75) is 27.3 Å². The SMILES string of the molecule is CCn1nc(C(=O)Nc2nc3ccc(NC(C)=O)cc3s2)cc1C. The maximum Gasteiger partial charge on any atom is 0.277 e. The maximum atomic E-state index is 12.3. The second-order valence-corrected chi connectivity index (χ2v) is 6.35. The van der Waals surface area contributed by atoms with Gasteiger partial charge in [-0.3, -0.25) is 19.6 Å². The minimum Gasteiger partial charge on any atom is -0.326 e. The lowest BCUT2D eigenvalue weighted by Crippen LogP contribution is -2.13. The Morgan fingerprint density at radius 1 is 1.25 bits per heavy atom. The van der Waals surface area contributed by atoms with Crippen LogP contribution in [0.4, 0.5) is 10.8 Å². The van der Waals surface area contributed by atoms with Gasteiger partial charge in [-0.2, -0.15) is 5.10 Å². The molecule has 2 amide bonds. The number of amides is 2. The number of carbonyl (C=O) groups excluding carboxylic acids is 2. The molecule has 0 unspecified atom stereocenters. The Balaban J connectivity index is 1.81. The highest BCUT2D eigenvalue weighted by atomic mass is 32.1. The van der Waals surface area contributed by atoms with Crippen molar-refractivity contribution in [2.75, 3.05) is 10.6 Å². The lowest BCUT2D eigenvalue weighted by molar-refractivity contribution is -0.114. The molecule has 0 aliphatic heterocycles. The number of nitrogens with zero attached hydrogens (tertiary/aromatic N) is 3. The Morgan fingerprint density at radius 2 is 2.04 bits per heavy atom. The monoisotopic (exact) mass is 343 g/mol. The van der Waals surface area contributed by atoms with Gasteiger partial charge in [0.2, 0.25) is 5.91 Å². The van der Waals surface area contributed by atoms with Gasteiger partial charge in [0.25, 0.3) is 5.91 Å². The highest BCUT2D eigenvalue weighted by Gasteiger charge is 2.14. The van der Waals surface area contributed by atoms with E-state index >= 15 is 0 Å². The van der Waals surface area contributed by atoms with Crippen LogP contribution in [0.25, 0.3) is 10.2 Å². The molecule has 7 nitrogen and oxygen atoms in total. The zero-order valence-electron chi connectivity index (χ0n) is 13.6. The molecule has 0 bridgehead atoms. The first-order valence-electron chi connectivity index (χ1n) is 7.50. The predicted octanol–water partition coefficient (Wildman–Crippen LogP) is 3.03. The molecule has 0 atom stereocenters. The summed E-state index contributed by atoms with van der Waals surface area (Å²) in [6.07, 6.45) is 0. The summed E-state index contributed by atoms with van der Waals surface area (Å²) < 4.78 is 2.65. The van der Waals surface area contributed by atoms with E-state index in [9.17, 15) is 9.59 Å². The van der Waals surface area contributed by atoms with E-state index in [4.69, 9.17) is 0 Å². The standard InChI is InChI=1S/C16H17N5O2S/c1-4-21-9(2)7-13(20-21)15(23)19-16-18-12-6-5-11(17-10(3)22)8-14(12)24-16/h5-8H,4H2,1-3H3,(H,17,22)(H,18,19,23). The molecule has 0 saturated heterocycles. The van der Waals surface area contributed by atoms with Crippen LogP contribution in [0.15, 0.2) is 24.3 Å². The third-order valence-electron chi connectivity index (χ3n) is 3.44. The topological polar surface area (TPSA) is 88.9 Å². The van der Waals surface area contributed by atoms with Gasteiger partial charge in [0, 0.05) is 24.8 Å². The molecule has 8 heteroatoms. The third-order valence-corrected chi connectivity index (χ3v) is 4.38. The van der Waals surface area contributed by atoms with Crippen LogP contribution < -0.4 is 10.6 Å². The lowest BCUT2D eigenvalue weighted by atomic mass is 10.3. The average molecular weight is 343 g/mol. The summed E-state index contributed by atoms with van der Waals surface area (Å²) in [5, 5.41) is 10.3. The maximum absolute atomic E-state index is 12.3. The van der Waals surface area contributed by atoms with Crippen LogP contribution in [0.5, 0.6) is 0 Å². The Bertz CT molecular complexity index is 928. The van der Waals surface area contributed by atoms with Crippen molar-refractivity contribution >= 4 is 44.2 Å². The van der Waals surface area contributed by atoms with Gasteiger partial charge < -0.3 is 5.32 Å². The van der Waals surface area contributed by atoms with Crippen LogP contribution in [0.1, 0.15) is 30.0 Å². The normalized spacial score (nSPS) is 10.8. The molecule has 3 rings (SSSR count). The first-order valence-corrected chi connectivity index (χ1v) is 8.32. The van der Waals surface area contributed by atoms with Crippen molar-refractivity contribution in [2.24, 2.45) is 0 Å². The summed E-state index contributed by atoms with van der Waals surface area (Å²) in [5.74, 6) is -0.416. The smallest absolute Gasteiger partial charge is 0.277 e. The van der Waals surface area contributed by atoms with Gasteiger partial charge in [-0.25, -0.2) is 4.98 Å². The minimum absolute atomic E-state index is 0.130. The van der Waals surface area contributed by atoms with Crippen molar-refractivity contribution in [3.8, 4) is 0 Å². The number of aromatic nitrogens is 3. The average Bonchev–Trinajstić information content (AvgIpc) is 3.08. The number of fused-ring (bicyclic) bond motifs is 1. The Kier molecular flexibility index (Phi) is 4.30. The van der Waals surface area contributed by atoms with Gasteiger partial charge in [0.05, 0.1) is 10.2 Å². The molecular weight excluding hydrogens is 326 g/mol. The van der Waals surface area contributed by atoms with Crippen LogP contribution in [0.3, 0.4) is 0 Å². The number of anilines is 2. The molecule has 0 saturated carbocycles. The van der Waals surface area contributed by atoms with Crippen molar-refractivity contribution < 1.29 is 9.59 Å². The van der Waals surface area contributed by atoms with Gasteiger partial charge in [0.15, 0.2) is 10.8 Å². The molecule has 1 aromatic carbocycles. The minimum atomic E-state index is -0.286. The lowest BCUT2D eigenvalue weighted by Gasteiger charge is -1.99. The summed E-state index contributed by atoms with van der Waals surface area (Å²) in [6, 6.07) is 7.17. The molecule has 2 N–H and O–H groups in total. The summed E-state index contributed by atoms with van der Waals surface area (Å²) in [5.41, 5.74) is 2.77. The first-order chi connectivity index (χ1) is 11.5. The largest absolute Gasteiger partial charge is 0.326 e. The highest BCUT2D eigenvalue weighted by molar-refractivity contribution is 7.22. The fraction of sp³-hybridized carbons (Fsp3) is 0.250. The van der Waals surface area contributed by atoms with Gasteiger partial charge in [-0.05, 0) is 38.1 Å². The zero-order valence-corrected chi connectivity index (χ0v) is 14.4. The van der Waals surface area contributed by atoms with E-state index < -0.39 is 0 Å². The first kappa shape index (κ1) is 16.1. The van der Waals surface area contributed by atoms with Crippen molar-refractivity contribution in [1.29, 1.82) is 0 Å². The van der Waals surface area contributed by atoms with E-state index in [0.717, 1.165) is 15.9 Å². The number of hydrogen-bond acceptors (Lipinski definition) is 5. The molecule has 124 valence electrons. The summed E-state index contributed by atoms with van der Waals surface area (Å²) in [6.45, 7) is 6.06. The van der Waals surface area contributed by atoms with Crippen LogP contribution in [0, 0.1) is 6.92 Å². The molecule has 0 aliphatic carbocycles. The van der Waals surface area contributed by atoms with E-state index in [-0.39, 0.29) is 11.8 Å². The molecule has 0 aliphatic rings. The van der Waals surface area contributed by atoms with Crippen LogP contribution in [-0.2, 0) is 11.3 Å². The Labute approximate surface area is 142 Å². The quantitative estimate of drug-likeness (QED) is 0.762. The van der Waals surface area contributed by atoms with Gasteiger partial charge in [-0.15, -0.1) is 0 Å². The van der Waals surface area contributed by atoms with E-state index in [0.29, 0.717) is 23.1 Å². The van der Waals surface area contributed by atoms with Gasteiger partial charge >= 0.3 is 0 Å². The molecule has 24 heavy (non-hydrogen) atoms. The molecule has 0 fully saturated rings. The predicted molar refractivity (Wildman–Crippen MR) is 94.5 cm³/mol.